The van der Waals surface area contributed by atoms with Gasteiger partial charge in [-0.25, -0.2) is 4.98 Å². The van der Waals surface area contributed by atoms with Gasteiger partial charge in [-0.15, -0.1) is 0 Å². The van der Waals surface area contributed by atoms with Crippen LogP contribution >= 0.6 is 0 Å². The van der Waals surface area contributed by atoms with E-state index in [1.165, 1.54) is 6.42 Å². The lowest BCUT2D eigenvalue weighted by Gasteiger charge is -2.23. The number of piperidine rings is 1. The van der Waals surface area contributed by atoms with Crippen LogP contribution in [0.5, 0.6) is 0 Å². The van der Waals surface area contributed by atoms with Gasteiger partial charge < -0.3 is 16.0 Å². The number of nitrogens with zero attached hydrogens (tertiary/aromatic N) is 1. The highest BCUT2D eigenvalue weighted by Crippen LogP contribution is 2.21. The van der Waals surface area contributed by atoms with Gasteiger partial charge in [-0.3, -0.25) is 4.79 Å². The molecule has 1 aliphatic heterocycles. The van der Waals surface area contributed by atoms with Gasteiger partial charge in [0.25, 0.3) is 5.56 Å². The van der Waals surface area contributed by atoms with E-state index in [0.717, 1.165) is 19.4 Å². The number of H-pyrrole nitrogens is 1. The van der Waals surface area contributed by atoms with Crippen LogP contribution in [-0.2, 0) is 0 Å². The molecule has 2 heterocycles. The maximum Gasteiger partial charge on any atom is 0.256 e. The fourth-order valence-electron chi connectivity index (χ4n) is 2.33. The van der Waals surface area contributed by atoms with Gasteiger partial charge >= 0.3 is 0 Å². The Bertz CT molecular complexity index is 446. The number of aromatic nitrogens is 2. The van der Waals surface area contributed by atoms with E-state index in [0.29, 0.717) is 17.2 Å². The predicted octanol–water partition coefficient (Wildman–Crippen LogP) is 1.29. The summed E-state index contributed by atoms with van der Waals surface area (Å²) in [5.41, 5.74) is 6.36. The number of hydrogen-bond donors (Lipinski definition) is 3. The van der Waals surface area contributed by atoms with Crippen molar-refractivity contribution in [3.8, 4) is 0 Å². The smallest absolute Gasteiger partial charge is 0.256 e. The molecule has 0 spiro atoms. The molecule has 1 fully saturated rings. The minimum absolute atomic E-state index is 0.0969. The van der Waals surface area contributed by atoms with Crippen molar-refractivity contribution in [3.63, 3.8) is 0 Å². The molecule has 5 nitrogen and oxygen atoms in total. The van der Waals surface area contributed by atoms with Crippen LogP contribution in [0.3, 0.4) is 0 Å². The number of rotatable bonds is 2. The summed E-state index contributed by atoms with van der Waals surface area (Å²) in [7, 11) is 0. The molecular weight excluding hydrogens is 216 g/mol. The van der Waals surface area contributed by atoms with Crippen molar-refractivity contribution in [2.45, 2.75) is 45.1 Å². The largest absolute Gasteiger partial charge is 0.383 e. The van der Waals surface area contributed by atoms with E-state index in [4.69, 9.17) is 5.73 Å². The van der Waals surface area contributed by atoms with Crippen LogP contribution in [0.25, 0.3) is 0 Å². The van der Waals surface area contributed by atoms with E-state index in [2.05, 4.69) is 15.3 Å². The molecule has 1 unspecified atom stereocenters. The van der Waals surface area contributed by atoms with E-state index in [-0.39, 0.29) is 17.5 Å². The molecule has 0 saturated carbocycles. The van der Waals surface area contributed by atoms with Crippen molar-refractivity contribution in [2.75, 3.05) is 12.3 Å². The third kappa shape index (κ3) is 2.49. The lowest BCUT2D eigenvalue weighted by molar-refractivity contribution is 0.396. The molecular formula is C12H20N4O. The number of nitrogen functional groups attached to an aromatic ring is 1. The standard InChI is InChI=1S/C12H20N4O/c1-7(2)9-10(13)15-11(16-12(9)17)8-5-3-4-6-14-8/h7-8,14H,3-6H2,1-2H3,(H3,13,15,16,17). The van der Waals surface area contributed by atoms with Crippen molar-refractivity contribution in [1.82, 2.24) is 15.3 Å². The van der Waals surface area contributed by atoms with Crippen LogP contribution in [0.1, 0.15) is 56.5 Å². The lowest BCUT2D eigenvalue weighted by atomic mass is 10.0. The van der Waals surface area contributed by atoms with Gasteiger partial charge in [0.2, 0.25) is 0 Å². The Hall–Kier alpha value is -1.36. The highest BCUT2D eigenvalue weighted by molar-refractivity contribution is 5.40. The summed E-state index contributed by atoms with van der Waals surface area (Å²) < 4.78 is 0. The number of nitrogens with two attached hydrogens (primary N) is 1. The quantitative estimate of drug-likeness (QED) is 0.722. The Kier molecular flexibility index (Phi) is 3.47. The molecule has 1 saturated heterocycles. The first kappa shape index (κ1) is 12.1. The van der Waals surface area contributed by atoms with E-state index in [9.17, 15) is 4.79 Å². The zero-order valence-corrected chi connectivity index (χ0v) is 10.4. The third-order valence-corrected chi connectivity index (χ3v) is 3.22. The molecule has 0 aromatic carbocycles. The van der Waals surface area contributed by atoms with E-state index >= 15 is 0 Å². The molecule has 0 aliphatic carbocycles. The van der Waals surface area contributed by atoms with Crippen LogP contribution in [0.15, 0.2) is 4.79 Å². The minimum Gasteiger partial charge on any atom is -0.383 e. The van der Waals surface area contributed by atoms with Crippen molar-refractivity contribution in [2.24, 2.45) is 0 Å². The maximum absolute atomic E-state index is 11.9. The molecule has 1 aromatic heterocycles. The average Bonchev–Trinajstić information content (AvgIpc) is 2.28. The summed E-state index contributed by atoms with van der Waals surface area (Å²) in [5, 5.41) is 3.35. The average molecular weight is 236 g/mol. The van der Waals surface area contributed by atoms with E-state index < -0.39 is 0 Å². The molecule has 17 heavy (non-hydrogen) atoms. The van der Waals surface area contributed by atoms with E-state index in [1.54, 1.807) is 0 Å². The van der Waals surface area contributed by atoms with Gasteiger partial charge in [0.05, 0.1) is 11.6 Å². The van der Waals surface area contributed by atoms with Crippen molar-refractivity contribution in [3.05, 3.63) is 21.7 Å². The van der Waals surface area contributed by atoms with Crippen molar-refractivity contribution in [1.29, 1.82) is 0 Å². The molecule has 1 atom stereocenters. The minimum atomic E-state index is -0.102. The topological polar surface area (TPSA) is 83.8 Å². The third-order valence-electron chi connectivity index (χ3n) is 3.22. The zero-order chi connectivity index (χ0) is 12.4. The van der Waals surface area contributed by atoms with Crippen LogP contribution in [0, 0.1) is 0 Å². The van der Waals surface area contributed by atoms with Crippen LogP contribution in [-0.4, -0.2) is 16.5 Å². The van der Waals surface area contributed by atoms with Gasteiger partial charge in [0.15, 0.2) is 0 Å². The monoisotopic (exact) mass is 236 g/mol. The molecule has 94 valence electrons. The summed E-state index contributed by atoms with van der Waals surface area (Å²) in [6.07, 6.45) is 3.34. The van der Waals surface area contributed by atoms with Crippen LogP contribution in [0.4, 0.5) is 5.82 Å². The van der Waals surface area contributed by atoms with Crippen LogP contribution in [0.2, 0.25) is 0 Å². The number of hydrogen-bond acceptors (Lipinski definition) is 4. The number of aromatic amines is 1. The molecule has 4 N–H and O–H groups in total. The van der Waals surface area contributed by atoms with Crippen molar-refractivity contribution >= 4 is 5.82 Å². The first-order valence-corrected chi connectivity index (χ1v) is 6.22. The zero-order valence-electron chi connectivity index (χ0n) is 10.4. The number of anilines is 1. The van der Waals surface area contributed by atoms with Crippen molar-refractivity contribution < 1.29 is 0 Å². The Morgan fingerprint density at radius 2 is 2.18 bits per heavy atom. The Balaban J connectivity index is 2.34. The highest BCUT2D eigenvalue weighted by Gasteiger charge is 2.20. The fourth-order valence-corrected chi connectivity index (χ4v) is 2.33. The number of nitrogens with one attached hydrogen (secondary N) is 2. The molecule has 1 aliphatic rings. The van der Waals surface area contributed by atoms with Gasteiger partial charge in [-0.1, -0.05) is 20.3 Å². The Morgan fingerprint density at radius 1 is 1.41 bits per heavy atom. The highest BCUT2D eigenvalue weighted by atomic mass is 16.1. The molecule has 2 rings (SSSR count). The normalized spacial score (nSPS) is 20.8. The first-order valence-electron chi connectivity index (χ1n) is 6.22. The van der Waals surface area contributed by atoms with Gasteiger partial charge in [0.1, 0.15) is 11.6 Å². The maximum atomic E-state index is 11.9. The summed E-state index contributed by atoms with van der Waals surface area (Å²) in [6.45, 7) is 4.86. The van der Waals surface area contributed by atoms with E-state index in [1.807, 2.05) is 13.8 Å². The molecule has 0 bridgehead atoms. The summed E-state index contributed by atoms with van der Waals surface area (Å²) in [6, 6.07) is 0.139. The molecule has 0 amide bonds. The fraction of sp³-hybridized carbons (Fsp3) is 0.667. The Labute approximate surface area is 101 Å². The van der Waals surface area contributed by atoms with Gasteiger partial charge in [0, 0.05) is 0 Å². The van der Waals surface area contributed by atoms with Gasteiger partial charge in [-0.2, -0.15) is 0 Å². The second-order valence-electron chi connectivity index (χ2n) is 4.91. The SMILES string of the molecule is CC(C)c1c(N)nc(C2CCCCN2)[nH]c1=O. The first-order chi connectivity index (χ1) is 8.09. The molecule has 1 aromatic rings. The summed E-state index contributed by atoms with van der Waals surface area (Å²) in [4.78, 5) is 19.1. The second-order valence-corrected chi connectivity index (χ2v) is 4.91. The summed E-state index contributed by atoms with van der Waals surface area (Å²) in [5.74, 6) is 1.14. The predicted molar refractivity (Wildman–Crippen MR) is 68.0 cm³/mol. The second kappa shape index (κ2) is 4.87. The van der Waals surface area contributed by atoms with Crippen LogP contribution < -0.4 is 16.6 Å². The van der Waals surface area contributed by atoms with Gasteiger partial charge in [-0.05, 0) is 25.3 Å². The lowest BCUT2D eigenvalue weighted by Crippen LogP contribution is -2.31. The molecule has 0 radical (unpaired) electrons. The Morgan fingerprint density at radius 3 is 2.71 bits per heavy atom. The molecule has 5 heteroatoms. The summed E-state index contributed by atoms with van der Waals surface area (Å²) >= 11 is 0.